The van der Waals surface area contributed by atoms with Crippen molar-refractivity contribution in [3.63, 3.8) is 0 Å². The first kappa shape index (κ1) is 65.4. The number of benzene rings is 2. The van der Waals surface area contributed by atoms with E-state index < -0.39 is 0 Å². The summed E-state index contributed by atoms with van der Waals surface area (Å²) < 4.78 is 0. The van der Waals surface area contributed by atoms with Crippen LogP contribution in [0, 0.1) is 0 Å². The maximum Gasteiger partial charge on any atom is 0.0665 e. The number of hydrogen-bond donors (Lipinski definition) is 0. The third-order valence-corrected chi connectivity index (χ3v) is 15.3. The van der Waals surface area contributed by atoms with Crippen LogP contribution in [0.25, 0.3) is 0 Å². The summed E-state index contributed by atoms with van der Waals surface area (Å²) in [4.78, 5) is 10.3. The van der Waals surface area contributed by atoms with Crippen LogP contribution in [-0.4, -0.2) is 11.9 Å². The lowest BCUT2D eigenvalue weighted by Gasteiger charge is -2.08. The molecule has 2 heteroatoms. The molecule has 72 heavy (non-hydrogen) atoms. The summed E-state index contributed by atoms with van der Waals surface area (Å²) in [6, 6.07) is 17.6. The second-order valence-corrected chi connectivity index (χ2v) is 22.3. The van der Waals surface area contributed by atoms with E-state index in [-0.39, 0.29) is 0 Å². The van der Waals surface area contributed by atoms with Gasteiger partial charge >= 0.3 is 0 Å². The number of allylic oxidation sites excluding steroid dienone is 4. The van der Waals surface area contributed by atoms with E-state index in [2.05, 4.69) is 99.8 Å². The summed E-state index contributed by atoms with van der Waals surface area (Å²) in [5, 5.41) is 0. The standard InChI is InChI=1S/C70H120N2/c1-4-7-10-12-14-16-18-20-22-24-26-28-30-32-34-36-38-40-42-44-46-48-50-52-58-66-60-54-56-63-69(66)71-65-68(62-9-6-3)72-70-64-57-55-61-67(70)59-53-51-49-47-45-43-41-39-37-35-33-31-29-27-25-23-21-19-17-15-13-11-8-5-2/h46-49,54-57,60-61,63-65H,4-45,50-53,58-59,62H2,1-3H3. The van der Waals surface area contributed by atoms with Crippen molar-refractivity contribution in [2.45, 2.75) is 335 Å². The quantitative estimate of drug-likeness (QED) is 0.0358. The summed E-state index contributed by atoms with van der Waals surface area (Å²) >= 11 is 0. The van der Waals surface area contributed by atoms with E-state index in [1.807, 2.05) is 0 Å². The van der Waals surface area contributed by atoms with Crippen LogP contribution in [0.3, 0.4) is 0 Å². The van der Waals surface area contributed by atoms with Crippen molar-refractivity contribution in [1.29, 1.82) is 0 Å². The van der Waals surface area contributed by atoms with E-state index >= 15 is 0 Å². The van der Waals surface area contributed by atoms with Gasteiger partial charge in [0.05, 0.1) is 17.1 Å². The van der Waals surface area contributed by atoms with Gasteiger partial charge in [-0.25, -0.2) is 0 Å². The van der Waals surface area contributed by atoms with Crippen molar-refractivity contribution in [3.8, 4) is 0 Å². The second kappa shape index (κ2) is 53.1. The van der Waals surface area contributed by atoms with Gasteiger partial charge in [0.15, 0.2) is 0 Å². The van der Waals surface area contributed by atoms with Crippen LogP contribution in [0.5, 0.6) is 0 Å². The van der Waals surface area contributed by atoms with Gasteiger partial charge in [0.2, 0.25) is 0 Å². The number of unbranched alkanes of at least 4 members (excludes halogenated alkanes) is 41. The summed E-state index contributed by atoms with van der Waals surface area (Å²) in [5.41, 5.74) is 6.01. The topological polar surface area (TPSA) is 24.7 Å². The van der Waals surface area contributed by atoms with Crippen LogP contribution in [0.4, 0.5) is 11.4 Å². The van der Waals surface area contributed by atoms with Crippen molar-refractivity contribution >= 4 is 23.3 Å². The van der Waals surface area contributed by atoms with Gasteiger partial charge in [-0.15, -0.1) is 0 Å². The number of para-hydroxylation sites is 2. The van der Waals surface area contributed by atoms with Crippen molar-refractivity contribution in [1.82, 2.24) is 0 Å². The van der Waals surface area contributed by atoms with E-state index in [1.54, 1.807) is 0 Å². The second-order valence-electron chi connectivity index (χ2n) is 22.3. The molecule has 0 bridgehead atoms. The molecule has 0 N–H and O–H groups in total. The molecule has 0 saturated carbocycles. The number of hydrogen-bond acceptors (Lipinski definition) is 2. The Morgan fingerprint density at radius 1 is 0.306 bits per heavy atom. The summed E-state index contributed by atoms with van der Waals surface area (Å²) in [6.07, 6.45) is 79.0. The molecule has 0 aliphatic heterocycles. The normalized spacial score (nSPS) is 12.2. The maximum atomic E-state index is 5.26. The van der Waals surface area contributed by atoms with Gasteiger partial charge in [-0.2, -0.15) is 0 Å². The Bertz CT molecular complexity index is 1550. The molecule has 0 radical (unpaired) electrons. The molecule has 0 fully saturated rings. The van der Waals surface area contributed by atoms with Gasteiger partial charge in [-0.1, -0.05) is 319 Å². The zero-order valence-corrected chi connectivity index (χ0v) is 48.5. The molecular formula is C70H120N2. The molecule has 0 atom stereocenters. The van der Waals surface area contributed by atoms with E-state index in [1.165, 1.54) is 281 Å². The lowest BCUT2D eigenvalue weighted by Crippen LogP contribution is -2.00. The van der Waals surface area contributed by atoms with Gasteiger partial charge in [0, 0.05) is 6.21 Å². The molecule has 2 nitrogen and oxygen atoms in total. The Labute approximate surface area is 450 Å². The monoisotopic (exact) mass is 989 g/mol. The zero-order chi connectivity index (χ0) is 51.1. The number of rotatable bonds is 54. The fourth-order valence-electron chi connectivity index (χ4n) is 10.5. The number of nitrogens with zero attached hydrogens (tertiary/aromatic N) is 2. The lowest BCUT2D eigenvalue weighted by molar-refractivity contribution is 0.523. The summed E-state index contributed by atoms with van der Waals surface area (Å²) in [5.74, 6) is 0. The van der Waals surface area contributed by atoms with Crippen LogP contribution in [0.15, 0.2) is 82.8 Å². The van der Waals surface area contributed by atoms with Gasteiger partial charge in [-0.3, -0.25) is 9.98 Å². The van der Waals surface area contributed by atoms with Crippen LogP contribution < -0.4 is 0 Å². The van der Waals surface area contributed by atoms with Gasteiger partial charge in [0.25, 0.3) is 0 Å². The van der Waals surface area contributed by atoms with Gasteiger partial charge < -0.3 is 0 Å². The molecule has 0 amide bonds. The van der Waals surface area contributed by atoms with E-state index in [9.17, 15) is 0 Å². The molecule has 2 aromatic rings. The first-order valence-corrected chi connectivity index (χ1v) is 32.4. The Hall–Kier alpha value is -2.74. The minimum atomic E-state index is 0.961. The highest BCUT2D eigenvalue weighted by atomic mass is 14.8. The highest BCUT2D eigenvalue weighted by molar-refractivity contribution is 6.31. The van der Waals surface area contributed by atoms with Crippen molar-refractivity contribution in [3.05, 3.63) is 84.0 Å². The largest absolute Gasteiger partial charge is 0.255 e. The van der Waals surface area contributed by atoms with E-state index in [0.717, 1.165) is 62.0 Å². The first-order chi connectivity index (χ1) is 35.8. The highest BCUT2D eigenvalue weighted by Gasteiger charge is 2.06. The minimum absolute atomic E-state index is 0.961. The molecule has 0 heterocycles. The highest BCUT2D eigenvalue weighted by Crippen LogP contribution is 2.25. The van der Waals surface area contributed by atoms with Crippen LogP contribution in [0.2, 0.25) is 0 Å². The van der Waals surface area contributed by atoms with Crippen LogP contribution >= 0.6 is 0 Å². The summed E-state index contributed by atoms with van der Waals surface area (Å²) in [6.45, 7) is 6.88. The Morgan fingerprint density at radius 3 is 0.931 bits per heavy atom. The number of aryl methyl sites for hydroxylation is 2. The fraction of sp³-hybridized carbons (Fsp3) is 0.743. The average Bonchev–Trinajstić information content (AvgIpc) is 3.40. The lowest BCUT2D eigenvalue weighted by atomic mass is 10.0. The Morgan fingerprint density at radius 2 is 0.583 bits per heavy atom. The van der Waals surface area contributed by atoms with Gasteiger partial charge in [-0.05, 0) is 100 Å². The Balaban J connectivity index is 1.55. The third-order valence-electron chi connectivity index (χ3n) is 15.3. The number of aliphatic imine (C=N–C) groups is 2. The van der Waals surface area contributed by atoms with E-state index in [0.29, 0.717) is 0 Å². The van der Waals surface area contributed by atoms with Crippen LogP contribution in [0.1, 0.15) is 334 Å². The average molecular weight is 990 g/mol. The molecule has 2 aromatic carbocycles. The maximum absolute atomic E-state index is 5.26. The van der Waals surface area contributed by atoms with Gasteiger partial charge in [0.1, 0.15) is 0 Å². The zero-order valence-electron chi connectivity index (χ0n) is 48.5. The molecule has 2 rings (SSSR count). The molecule has 0 spiro atoms. The molecule has 410 valence electrons. The minimum Gasteiger partial charge on any atom is -0.255 e. The van der Waals surface area contributed by atoms with E-state index in [4.69, 9.17) is 9.98 Å². The third kappa shape index (κ3) is 41.6. The molecule has 0 aliphatic carbocycles. The molecule has 0 saturated heterocycles. The fourth-order valence-corrected chi connectivity index (χ4v) is 10.5. The Kier molecular flexibility index (Phi) is 48.2. The smallest absolute Gasteiger partial charge is 0.0665 e. The molecular weight excluding hydrogens is 869 g/mol. The molecule has 0 unspecified atom stereocenters. The molecule has 0 aromatic heterocycles. The first-order valence-electron chi connectivity index (χ1n) is 32.4. The molecule has 0 aliphatic rings. The summed E-state index contributed by atoms with van der Waals surface area (Å²) in [7, 11) is 0. The van der Waals surface area contributed by atoms with Crippen molar-refractivity contribution in [2.75, 3.05) is 0 Å². The predicted octanol–water partition coefficient (Wildman–Crippen LogP) is 24.8. The van der Waals surface area contributed by atoms with Crippen LogP contribution in [-0.2, 0) is 12.8 Å². The predicted molar refractivity (Wildman–Crippen MR) is 328 cm³/mol. The van der Waals surface area contributed by atoms with Crippen molar-refractivity contribution < 1.29 is 0 Å². The van der Waals surface area contributed by atoms with Crippen molar-refractivity contribution in [2.24, 2.45) is 9.98 Å². The SMILES string of the molecule is CCCCCCCCCCCCCCCCCCCCCC=CCCCc1ccccc1N=CC(CCCC)=Nc1ccccc1CCCC=CCCCCCCCCCCCCCCCCCCCCC.